The molecule has 120 valence electrons. The van der Waals surface area contributed by atoms with Gasteiger partial charge >= 0.3 is 0 Å². The normalized spacial score (nSPS) is 11.6. The van der Waals surface area contributed by atoms with Crippen molar-refractivity contribution in [2.24, 2.45) is 0 Å². The number of halogens is 1. The molecule has 4 nitrogen and oxygen atoms in total. The van der Waals surface area contributed by atoms with E-state index in [-0.39, 0.29) is 11.9 Å². The van der Waals surface area contributed by atoms with Crippen molar-refractivity contribution in [1.29, 1.82) is 0 Å². The Morgan fingerprint density at radius 3 is 2.35 bits per heavy atom. The van der Waals surface area contributed by atoms with Gasteiger partial charge in [-0.3, -0.25) is 9.59 Å². The van der Waals surface area contributed by atoms with Crippen LogP contribution in [0.4, 0.5) is 10.1 Å². The van der Waals surface area contributed by atoms with Gasteiger partial charge in [-0.1, -0.05) is 19.1 Å². The van der Waals surface area contributed by atoms with Crippen molar-refractivity contribution in [3.63, 3.8) is 0 Å². The molecular formula is C18H19FN2O2. The maximum atomic E-state index is 12.9. The molecule has 2 aromatic carbocycles. The molecule has 5 heteroatoms. The monoisotopic (exact) mass is 314 g/mol. The quantitative estimate of drug-likeness (QED) is 0.886. The summed E-state index contributed by atoms with van der Waals surface area (Å²) >= 11 is 0. The van der Waals surface area contributed by atoms with Crippen molar-refractivity contribution in [3.05, 3.63) is 65.5 Å². The molecule has 0 saturated carbocycles. The lowest BCUT2D eigenvalue weighted by Gasteiger charge is -2.14. The van der Waals surface area contributed by atoms with E-state index >= 15 is 0 Å². The van der Waals surface area contributed by atoms with Crippen LogP contribution in [-0.4, -0.2) is 17.9 Å². The molecule has 2 aromatic rings. The fraction of sp³-hybridized carbons (Fsp3) is 0.222. The maximum absolute atomic E-state index is 12.9. The lowest BCUT2D eigenvalue weighted by Crippen LogP contribution is -2.32. The summed E-state index contributed by atoms with van der Waals surface area (Å²) in [5.74, 6) is -1.04. The topological polar surface area (TPSA) is 58.2 Å². The summed E-state index contributed by atoms with van der Waals surface area (Å²) in [6.45, 7) is 3.89. The molecule has 0 aliphatic rings. The molecule has 0 heterocycles. The smallest absolute Gasteiger partial charge is 0.255 e. The Hall–Kier alpha value is -2.69. The van der Waals surface area contributed by atoms with Crippen LogP contribution in [-0.2, 0) is 0 Å². The Morgan fingerprint density at radius 2 is 1.70 bits per heavy atom. The number of hydrogen-bond acceptors (Lipinski definition) is 2. The van der Waals surface area contributed by atoms with Crippen LogP contribution >= 0.6 is 0 Å². The highest BCUT2D eigenvalue weighted by Gasteiger charge is 2.15. The summed E-state index contributed by atoms with van der Waals surface area (Å²) in [5, 5.41) is 5.56. The SMILES string of the molecule is CCC(C)NC(=O)c1ccccc1NC(=O)c1ccc(F)cc1. The molecule has 0 fully saturated rings. The highest BCUT2D eigenvalue weighted by atomic mass is 19.1. The van der Waals surface area contributed by atoms with Crippen LogP contribution in [0.25, 0.3) is 0 Å². The van der Waals surface area contributed by atoms with Gasteiger partial charge in [-0.05, 0) is 49.7 Å². The third kappa shape index (κ3) is 4.39. The Balaban J connectivity index is 2.18. The van der Waals surface area contributed by atoms with Crippen LogP contribution in [0.3, 0.4) is 0 Å². The van der Waals surface area contributed by atoms with E-state index in [0.29, 0.717) is 16.8 Å². The average Bonchev–Trinajstić information content (AvgIpc) is 2.55. The third-order valence-corrected chi connectivity index (χ3v) is 3.52. The van der Waals surface area contributed by atoms with Gasteiger partial charge in [0.1, 0.15) is 5.82 Å². The lowest BCUT2D eigenvalue weighted by molar-refractivity contribution is 0.0940. The van der Waals surface area contributed by atoms with E-state index in [9.17, 15) is 14.0 Å². The second-order valence-electron chi connectivity index (χ2n) is 5.29. The third-order valence-electron chi connectivity index (χ3n) is 3.52. The molecule has 0 saturated heterocycles. The summed E-state index contributed by atoms with van der Waals surface area (Å²) < 4.78 is 12.9. The number of amides is 2. The van der Waals surface area contributed by atoms with Gasteiger partial charge in [0.2, 0.25) is 0 Å². The average molecular weight is 314 g/mol. The Kier molecular flexibility index (Phi) is 5.46. The summed E-state index contributed by atoms with van der Waals surface area (Å²) in [7, 11) is 0. The Morgan fingerprint density at radius 1 is 1.04 bits per heavy atom. The van der Waals surface area contributed by atoms with Gasteiger partial charge < -0.3 is 10.6 Å². The van der Waals surface area contributed by atoms with Crippen LogP contribution in [0.1, 0.15) is 41.0 Å². The minimum Gasteiger partial charge on any atom is -0.350 e. The minimum atomic E-state index is -0.408. The molecule has 0 spiro atoms. The second kappa shape index (κ2) is 7.54. The van der Waals surface area contributed by atoms with Gasteiger partial charge in [0.25, 0.3) is 11.8 Å². The van der Waals surface area contributed by atoms with E-state index in [0.717, 1.165) is 6.42 Å². The van der Waals surface area contributed by atoms with Gasteiger partial charge in [-0.25, -0.2) is 4.39 Å². The van der Waals surface area contributed by atoms with Gasteiger partial charge in [0.15, 0.2) is 0 Å². The zero-order valence-corrected chi connectivity index (χ0v) is 13.1. The summed E-state index contributed by atoms with van der Waals surface area (Å²) in [6.07, 6.45) is 0.815. The molecule has 0 aliphatic carbocycles. The number of nitrogens with one attached hydrogen (secondary N) is 2. The summed E-state index contributed by atoms with van der Waals surface area (Å²) in [5.41, 5.74) is 1.13. The molecule has 2 N–H and O–H groups in total. The molecule has 0 bridgehead atoms. The Labute approximate surface area is 134 Å². The number of hydrogen-bond donors (Lipinski definition) is 2. The number of para-hydroxylation sites is 1. The van der Waals surface area contributed by atoms with Crippen molar-refractivity contribution < 1.29 is 14.0 Å². The number of carbonyl (C=O) groups is 2. The maximum Gasteiger partial charge on any atom is 0.255 e. The van der Waals surface area contributed by atoms with E-state index in [4.69, 9.17) is 0 Å². The van der Waals surface area contributed by atoms with E-state index < -0.39 is 11.7 Å². The molecule has 1 atom stereocenters. The lowest BCUT2D eigenvalue weighted by atomic mass is 10.1. The zero-order chi connectivity index (χ0) is 16.8. The van der Waals surface area contributed by atoms with Crippen molar-refractivity contribution in [1.82, 2.24) is 5.32 Å². The first kappa shape index (κ1) is 16.7. The van der Waals surface area contributed by atoms with Crippen LogP contribution in [0.5, 0.6) is 0 Å². The van der Waals surface area contributed by atoms with Crippen molar-refractivity contribution in [2.75, 3.05) is 5.32 Å². The van der Waals surface area contributed by atoms with Crippen LogP contribution in [0.2, 0.25) is 0 Å². The fourth-order valence-corrected chi connectivity index (χ4v) is 1.99. The van der Waals surface area contributed by atoms with Gasteiger partial charge in [-0.15, -0.1) is 0 Å². The van der Waals surface area contributed by atoms with Gasteiger partial charge in [0.05, 0.1) is 11.3 Å². The number of anilines is 1. The van der Waals surface area contributed by atoms with Gasteiger partial charge in [0, 0.05) is 11.6 Å². The molecule has 0 aliphatic heterocycles. The highest BCUT2D eigenvalue weighted by Crippen LogP contribution is 2.17. The number of carbonyl (C=O) groups excluding carboxylic acids is 2. The highest BCUT2D eigenvalue weighted by molar-refractivity contribution is 6.09. The fourth-order valence-electron chi connectivity index (χ4n) is 1.99. The molecule has 0 radical (unpaired) electrons. The number of benzene rings is 2. The molecule has 2 rings (SSSR count). The first-order valence-corrected chi connectivity index (χ1v) is 7.48. The summed E-state index contributed by atoms with van der Waals surface area (Å²) in [4.78, 5) is 24.5. The largest absolute Gasteiger partial charge is 0.350 e. The van der Waals surface area contributed by atoms with E-state index in [1.165, 1.54) is 24.3 Å². The molecule has 23 heavy (non-hydrogen) atoms. The van der Waals surface area contributed by atoms with E-state index in [2.05, 4.69) is 10.6 Å². The predicted molar refractivity (Wildman–Crippen MR) is 88.0 cm³/mol. The van der Waals surface area contributed by atoms with Crippen molar-refractivity contribution in [2.45, 2.75) is 26.3 Å². The number of rotatable bonds is 5. The van der Waals surface area contributed by atoms with Crippen LogP contribution in [0, 0.1) is 5.82 Å². The molecule has 2 amide bonds. The van der Waals surface area contributed by atoms with Gasteiger partial charge in [-0.2, -0.15) is 0 Å². The van der Waals surface area contributed by atoms with E-state index in [1.807, 2.05) is 13.8 Å². The second-order valence-corrected chi connectivity index (χ2v) is 5.29. The summed E-state index contributed by atoms with van der Waals surface area (Å²) in [6, 6.07) is 12.1. The van der Waals surface area contributed by atoms with Crippen LogP contribution < -0.4 is 10.6 Å². The molecule has 1 unspecified atom stereocenters. The minimum absolute atomic E-state index is 0.0448. The first-order chi connectivity index (χ1) is 11.0. The standard InChI is InChI=1S/C18H19FN2O2/c1-3-12(2)20-18(23)15-6-4-5-7-16(15)21-17(22)13-8-10-14(19)11-9-13/h4-12H,3H2,1-2H3,(H,20,23)(H,21,22). The van der Waals surface area contributed by atoms with Crippen molar-refractivity contribution in [3.8, 4) is 0 Å². The zero-order valence-electron chi connectivity index (χ0n) is 13.1. The first-order valence-electron chi connectivity index (χ1n) is 7.48. The predicted octanol–water partition coefficient (Wildman–Crippen LogP) is 3.61. The van der Waals surface area contributed by atoms with E-state index in [1.54, 1.807) is 24.3 Å². The molecular weight excluding hydrogens is 295 g/mol. The van der Waals surface area contributed by atoms with Crippen molar-refractivity contribution >= 4 is 17.5 Å². The molecule has 0 aromatic heterocycles. The Bertz CT molecular complexity index is 698. The van der Waals surface area contributed by atoms with Crippen LogP contribution in [0.15, 0.2) is 48.5 Å².